The molecule has 0 radical (unpaired) electrons. The van der Waals surface area contributed by atoms with E-state index >= 15 is 0 Å². The zero-order chi connectivity index (χ0) is 16.7. The summed E-state index contributed by atoms with van der Waals surface area (Å²) in [6.45, 7) is 4.93. The van der Waals surface area contributed by atoms with Crippen molar-refractivity contribution in [2.75, 3.05) is 6.61 Å². The van der Waals surface area contributed by atoms with Crippen LogP contribution in [0, 0.1) is 5.92 Å². The van der Waals surface area contributed by atoms with Crippen LogP contribution in [0.1, 0.15) is 41.8 Å². The molecule has 23 heavy (non-hydrogen) atoms. The molecule has 1 unspecified atom stereocenters. The average Bonchev–Trinajstić information content (AvgIpc) is 2.55. The number of ether oxygens (including phenoxy) is 1. The number of carbonyl (C=O) groups excluding carboxylic acids is 1. The van der Waals surface area contributed by atoms with E-state index < -0.39 is 6.10 Å². The predicted octanol–water partition coefficient (Wildman–Crippen LogP) is 3.84. The molecule has 2 rings (SSSR count). The highest BCUT2D eigenvalue weighted by atomic mass is 16.5. The van der Waals surface area contributed by atoms with Crippen LogP contribution < -0.4 is 0 Å². The topological polar surface area (TPSA) is 46.5 Å². The van der Waals surface area contributed by atoms with Crippen molar-refractivity contribution in [3.05, 3.63) is 71.3 Å². The van der Waals surface area contributed by atoms with Gasteiger partial charge in [-0.25, -0.2) is 0 Å². The van der Waals surface area contributed by atoms with E-state index in [1.54, 1.807) is 0 Å². The van der Waals surface area contributed by atoms with E-state index in [9.17, 15) is 9.90 Å². The van der Waals surface area contributed by atoms with Crippen molar-refractivity contribution in [3.8, 4) is 0 Å². The molecule has 0 saturated carbocycles. The standard InChI is InChI=1S/C20H24O3/c1-15(2)12-19(21)14-23-13-16-8-10-18(11-9-16)20(22)17-6-4-3-5-7-17/h3-11,15,19,21H,12-14H2,1-2H3. The number of rotatable bonds is 8. The van der Waals surface area contributed by atoms with Gasteiger partial charge in [-0.15, -0.1) is 0 Å². The first-order chi connectivity index (χ1) is 11.1. The fourth-order valence-electron chi connectivity index (χ4n) is 2.43. The Labute approximate surface area is 137 Å². The Morgan fingerprint density at radius 1 is 1.00 bits per heavy atom. The van der Waals surface area contributed by atoms with E-state index in [0.717, 1.165) is 12.0 Å². The molecule has 0 heterocycles. The van der Waals surface area contributed by atoms with Crippen LogP contribution in [0.25, 0.3) is 0 Å². The SMILES string of the molecule is CC(C)CC(O)COCc1ccc(C(=O)c2ccccc2)cc1. The van der Waals surface area contributed by atoms with Gasteiger partial charge in [0.05, 0.1) is 19.3 Å². The molecule has 122 valence electrons. The quantitative estimate of drug-likeness (QED) is 0.753. The zero-order valence-electron chi connectivity index (χ0n) is 13.7. The van der Waals surface area contributed by atoms with Gasteiger partial charge in [-0.1, -0.05) is 68.4 Å². The number of ketones is 1. The summed E-state index contributed by atoms with van der Waals surface area (Å²) in [5.41, 5.74) is 2.35. The van der Waals surface area contributed by atoms with E-state index in [0.29, 0.717) is 30.3 Å². The average molecular weight is 312 g/mol. The van der Waals surface area contributed by atoms with Crippen LogP contribution in [-0.2, 0) is 11.3 Å². The third kappa shape index (κ3) is 5.62. The van der Waals surface area contributed by atoms with Gasteiger partial charge >= 0.3 is 0 Å². The van der Waals surface area contributed by atoms with E-state index in [1.165, 1.54) is 0 Å². The number of aliphatic hydroxyl groups is 1. The summed E-state index contributed by atoms with van der Waals surface area (Å²) < 4.78 is 5.53. The fraction of sp³-hybridized carbons (Fsp3) is 0.350. The van der Waals surface area contributed by atoms with Crippen LogP contribution in [0.3, 0.4) is 0 Å². The first-order valence-electron chi connectivity index (χ1n) is 8.00. The van der Waals surface area contributed by atoms with Gasteiger partial charge in [-0.2, -0.15) is 0 Å². The molecule has 2 aromatic carbocycles. The van der Waals surface area contributed by atoms with Crippen molar-refractivity contribution >= 4 is 5.78 Å². The largest absolute Gasteiger partial charge is 0.391 e. The van der Waals surface area contributed by atoms with Gasteiger partial charge in [0.25, 0.3) is 0 Å². The third-order valence-corrected chi connectivity index (χ3v) is 3.57. The second-order valence-electron chi connectivity index (χ2n) is 6.19. The molecule has 2 aromatic rings. The molecule has 3 nitrogen and oxygen atoms in total. The maximum Gasteiger partial charge on any atom is 0.193 e. The lowest BCUT2D eigenvalue weighted by Gasteiger charge is -2.13. The smallest absolute Gasteiger partial charge is 0.193 e. The second-order valence-corrected chi connectivity index (χ2v) is 6.19. The Morgan fingerprint density at radius 3 is 2.22 bits per heavy atom. The molecule has 0 spiro atoms. The highest BCUT2D eigenvalue weighted by molar-refractivity contribution is 6.08. The predicted molar refractivity (Wildman–Crippen MR) is 91.4 cm³/mol. The Bertz CT molecular complexity index is 603. The first kappa shape index (κ1) is 17.4. The Balaban J connectivity index is 1.86. The molecule has 0 amide bonds. The lowest BCUT2D eigenvalue weighted by atomic mass is 10.0. The molecule has 1 N–H and O–H groups in total. The molecule has 0 aromatic heterocycles. The maximum absolute atomic E-state index is 12.3. The van der Waals surface area contributed by atoms with Crippen molar-refractivity contribution in [2.45, 2.75) is 33.0 Å². The van der Waals surface area contributed by atoms with Crippen molar-refractivity contribution in [1.82, 2.24) is 0 Å². The van der Waals surface area contributed by atoms with Crippen LogP contribution in [0.15, 0.2) is 54.6 Å². The van der Waals surface area contributed by atoms with Crippen LogP contribution in [0.2, 0.25) is 0 Å². The van der Waals surface area contributed by atoms with Crippen molar-refractivity contribution in [1.29, 1.82) is 0 Å². The molecule has 0 aliphatic heterocycles. The minimum absolute atomic E-state index is 0.0189. The summed E-state index contributed by atoms with van der Waals surface area (Å²) in [6.07, 6.45) is 0.318. The lowest BCUT2D eigenvalue weighted by molar-refractivity contribution is 0.0188. The summed E-state index contributed by atoms with van der Waals surface area (Å²) in [5.74, 6) is 0.474. The van der Waals surface area contributed by atoms with Gasteiger partial charge in [-0.05, 0) is 17.9 Å². The Morgan fingerprint density at radius 2 is 1.61 bits per heavy atom. The molecule has 0 saturated heterocycles. The molecular weight excluding hydrogens is 288 g/mol. The van der Waals surface area contributed by atoms with E-state index in [4.69, 9.17) is 4.74 Å². The number of hydrogen-bond donors (Lipinski definition) is 1. The van der Waals surface area contributed by atoms with E-state index in [-0.39, 0.29) is 5.78 Å². The molecule has 3 heteroatoms. The van der Waals surface area contributed by atoms with Gasteiger partial charge in [0.1, 0.15) is 0 Å². The van der Waals surface area contributed by atoms with E-state index in [2.05, 4.69) is 13.8 Å². The highest BCUT2D eigenvalue weighted by Crippen LogP contribution is 2.12. The van der Waals surface area contributed by atoms with Crippen LogP contribution in [-0.4, -0.2) is 23.6 Å². The summed E-state index contributed by atoms with van der Waals surface area (Å²) in [4.78, 5) is 12.3. The Kier molecular flexibility index (Phi) is 6.51. The zero-order valence-corrected chi connectivity index (χ0v) is 13.7. The normalized spacial score (nSPS) is 12.3. The van der Waals surface area contributed by atoms with Crippen molar-refractivity contribution in [2.24, 2.45) is 5.92 Å². The van der Waals surface area contributed by atoms with Gasteiger partial charge in [-0.3, -0.25) is 4.79 Å². The monoisotopic (exact) mass is 312 g/mol. The number of benzene rings is 2. The molecule has 1 atom stereocenters. The summed E-state index contributed by atoms with van der Waals surface area (Å²) >= 11 is 0. The summed E-state index contributed by atoms with van der Waals surface area (Å²) in [5, 5.41) is 9.77. The van der Waals surface area contributed by atoms with Gasteiger partial charge in [0.15, 0.2) is 5.78 Å². The van der Waals surface area contributed by atoms with Crippen LogP contribution >= 0.6 is 0 Å². The van der Waals surface area contributed by atoms with Gasteiger partial charge in [0.2, 0.25) is 0 Å². The minimum Gasteiger partial charge on any atom is -0.391 e. The van der Waals surface area contributed by atoms with Crippen LogP contribution in [0.4, 0.5) is 0 Å². The molecule has 0 fully saturated rings. The van der Waals surface area contributed by atoms with Crippen molar-refractivity contribution < 1.29 is 14.6 Å². The van der Waals surface area contributed by atoms with Crippen LogP contribution in [0.5, 0.6) is 0 Å². The number of aliphatic hydroxyl groups excluding tert-OH is 1. The number of carbonyl (C=O) groups is 1. The Hall–Kier alpha value is -1.97. The first-order valence-corrected chi connectivity index (χ1v) is 8.00. The molecule has 0 bridgehead atoms. The lowest BCUT2D eigenvalue weighted by Crippen LogP contribution is -2.17. The molecular formula is C20H24O3. The van der Waals surface area contributed by atoms with E-state index in [1.807, 2.05) is 54.6 Å². The second kappa shape index (κ2) is 8.61. The van der Waals surface area contributed by atoms with Crippen molar-refractivity contribution in [3.63, 3.8) is 0 Å². The minimum atomic E-state index is -0.422. The summed E-state index contributed by atoms with van der Waals surface area (Å²) in [6, 6.07) is 16.7. The van der Waals surface area contributed by atoms with Gasteiger partial charge in [0, 0.05) is 11.1 Å². The molecule has 0 aliphatic rings. The fourth-order valence-corrected chi connectivity index (χ4v) is 2.43. The highest BCUT2D eigenvalue weighted by Gasteiger charge is 2.09. The molecule has 0 aliphatic carbocycles. The number of hydrogen-bond acceptors (Lipinski definition) is 3. The summed E-state index contributed by atoms with van der Waals surface area (Å²) in [7, 11) is 0. The third-order valence-electron chi connectivity index (χ3n) is 3.57. The maximum atomic E-state index is 12.3. The van der Waals surface area contributed by atoms with Gasteiger partial charge < -0.3 is 9.84 Å².